The van der Waals surface area contributed by atoms with E-state index in [1.54, 1.807) is 0 Å². The second kappa shape index (κ2) is 5.18. The first-order valence-corrected chi connectivity index (χ1v) is 6.25. The fourth-order valence-electron chi connectivity index (χ4n) is 1.97. The van der Waals surface area contributed by atoms with E-state index in [1.807, 2.05) is 62.4 Å². The third kappa shape index (κ3) is 2.67. The Kier molecular flexibility index (Phi) is 3.61. The molecule has 0 aliphatic rings. The first kappa shape index (κ1) is 12.6. The van der Waals surface area contributed by atoms with Crippen molar-refractivity contribution in [3.63, 3.8) is 0 Å². The monoisotopic (exact) mass is 238 g/mol. The van der Waals surface area contributed by atoms with Gasteiger partial charge >= 0.3 is 0 Å². The quantitative estimate of drug-likeness (QED) is 0.729. The highest BCUT2D eigenvalue weighted by Gasteiger charge is 2.16. The highest BCUT2D eigenvalue weighted by atomic mass is 16.1. The second-order valence-electron chi connectivity index (χ2n) is 4.86. The Morgan fingerprint density at radius 2 is 1.28 bits per heavy atom. The molecule has 0 heterocycles. The molecule has 1 atom stereocenters. The van der Waals surface area contributed by atoms with E-state index >= 15 is 0 Å². The molecule has 0 radical (unpaired) electrons. The molecule has 0 spiro atoms. The molecule has 1 heteroatoms. The molecule has 1 nitrogen and oxygen atoms in total. The van der Waals surface area contributed by atoms with Crippen molar-refractivity contribution in [2.24, 2.45) is 0 Å². The molecular formula is C17H18O. The number of hydrogen-bond acceptors (Lipinski definition) is 1. The molecule has 0 aliphatic heterocycles. The van der Waals surface area contributed by atoms with Crippen LogP contribution >= 0.6 is 0 Å². The van der Waals surface area contributed by atoms with Crippen molar-refractivity contribution in [3.05, 3.63) is 70.8 Å². The zero-order valence-corrected chi connectivity index (χ0v) is 11.1. The van der Waals surface area contributed by atoms with E-state index in [9.17, 15) is 4.79 Å². The van der Waals surface area contributed by atoms with Crippen LogP contribution in [0.4, 0.5) is 0 Å². The average Bonchev–Trinajstić information content (AvgIpc) is 2.39. The van der Waals surface area contributed by atoms with Gasteiger partial charge in [-0.15, -0.1) is 0 Å². The summed E-state index contributed by atoms with van der Waals surface area (Å²) in [5.41, 5.74) is 4.25. The van der Waals surface area contributed by atoms with Crippen molar-refractivity contribution >= 4 is 5.78 Å². The van der Waals surface area contributed by atoms with Crippen LogP contribution in [-0.2, 0) is 0 Å². The summed E-state index contributed by atoms with van der Waals surface area (Å²) in [6.45, 7) is 6.04. The SMILES string of the molecule is Cc1ccc(C(=O)C(C)c2ccc(C)cc2)cc1. The highest BCUT2D eigenvalue weighted by molar-refractivity contribution is 6.00. The predicted molar refractivity (Wildman–Crippen MR) is 75.1 cm³/mol. The maximum atomic E-state index is 12.3. The molecule has 0 saturated heterocycles. The number of benzene rings is 2. The van der Waals surface area contributed by atoms with Crippen molar-refractivity contribution in [1.29, 1.82) is 0 Å². The third-order valence-corrected chi connectivity index (χ3v) is 3.31. The molecule has 0 fully saturated rings. The van der Waals surface area contributed by atoms with Crippen LogP contribution in [-0.4, -0.2) is 5.78 Å². The summed E-state index contributed by atoms with van der Waals surface area (Å²) in [4.78, 5) is 12.3. The smallest absolute Gasteiger partial charge is 0.170 e. The van der Waals surface area contributed by atoms with Crippen LogP contribution in [0.25, 0.3) is 0 Å². The van der Waals surface area contributed by atoms with Crippen molar-refractivity contribution < 1.29 is 4.79 Å². The van der Waals surface area contributed by atoms with Gasteiger partial charge < -0.3 is 0 Å². The predicted octanol–water partition coefficient (Wildman–Crippen LogP) is 4.29. The Morgan fingerprint density at radius 3 is 1.78 bits per heavy atom. The molecule has 0 saturated carbocycles. The molecule has 0 aromatic heterocycles. The lowest BCUT2D eigenvalue weighted by molar-refractivity contribution is 0.0966. The number of ketones is 1. The maximum absolute atomic E-state index is 12.3. The number of carbonyl (C=O) groups excluding carboxylic acids is 1. The Hall–Kier alpha value is -1.89. The minimum absolute atomic E-state index is 0.0895. The molecule has 2 aromatic carbocycles. The summed E-state index contributed by atoms with van der Waals surface area (Å²) in [7, 11) is 0. The van der Waals surface area contributed by atoms with Crippen molar-refractivity contribution in [2.75, 3.05) is 0 Å². The highest BCUT2D eigenvalue weighted by Crippen LogP contribution is 2.21. The summed E-state index contributed by atoms with van der Waals surface area (Å²) >= 11 is 0. The van der Waals surface area contributed by atoms with Crippen molar-refractivity contribution in [2.45, 2.75) is 26.7 Å². The van der Waals surface area contributed by atoms with Crippen molar-refractivity contribution in [3.8, 4) is 0 Å². The van der Waals surface area contributed by atoms with Gasteiger partial charge in [0.25, 0.3) is 0 Å². The van der Waals surface area contributed by atoms with Gasteiger partial charge in [-0.2, -0.15) is 0 Å². The molecule has 0 N–H and O–H groups in total. The Morgan fingerprint density at radius 1 is 0.833 bits per heavy atom. The number of aryl methyl sites for hydroxylation is 2. The molecule has 2 rings (SSSR count). The van der Waals surface area contributed by atoms with E-state index in [0.717, 1.165) is 11.1 Å². The van der Waals surface area contributed by atoms with Crippen LogP contribution in [0.15, 0.2) is 48.5 Å². The number of carbonyl (C=O) groups is 1. The van der Waals surface area contributed by atoms with Gasteiger partial charge in [0.15, 0.2) is 5.78 Å². The summed E-state index contributed by atoms with van der Waals surface area (Å²) < 4.78 is 0. The minimum atomic E-state index is -0.0895. The van der Waals surface area contributed by atoms with E-state index in [-0.39, 0.29) is 11.7 Å². The molecular weight excluding hydrogens is 220 g/mol. The van der Waals surface area contributed by atoms with Gasteiger partial charge in [0.2, 0.25) is 0 Å². The number of Topliss-reactive ketones (excluding diaryl/α,β-unsaturated/α-hetero) is 1. The zero-order valence-electron chi connectivity index (χ0n) is 11.1. The van der Waals surface area contributed by atoms with Crippen LogP contribution in [0.1, 0.15) is 39.9 Å². The fraction of sp³-hybridized carbons (Fsp3) is 0.235. The zero-order chi connectivity index (χ0) is 13.1. The van der Waals surface area contributed by atoms with Gasteiger partial charge in [-0.3, -0.25) is 4.79 Å². The van der Waals surface area contributed by atoms with Gasteiger partial charge in [0, 0.05) is 11.5 Å². The van der Waals surface area contributed by atoms with E-state index in [0.29, 0.717) is 0 Å². The van der Waals surface area contributed by atoms with Crippen LogP contribution in [0.5, 0.6) is 0 Å². The molecule has 92 valence electrons. The van der Waals surface area contributed by atoms with Crippen LogP contribution in [0.2, 0.25) is 0 Å². The fourth-order valence-corrected chi connectivity index (χ4v) is 1.97. The Balaban J connectivity index is 2.23. The number of hydrogen-bond donors (Lipinski definition) is 0. The number of rotatable bonds is 3. The third-order valence-electron chi connectivity index (χ3n) is 3.31. The lowest BCUT2D eigenvalue weighted by atomic mass is 9.91. The average molecular weight is 238 g/mol. The largest absolute Gasteiger partial charge is 0.294 e. The second-order valence-corrected chi connectivity index (χ2v) is 4.86. The Labute approximate surface area is 108 Å². The van der Waals surface area contributed by atoms with Crippen molar-refractivity contribution in [1.82, 2.24) is 0 Å². The maximum Gasteiger partial charge on any atom is 0.170 e. The van der Waals surface area contributed by atoms with Crippen LogP contribution in [0.3, 0.4) is 0 Å². The molecule has 18 heavy (non-hydrogen) atoms. The topological polar surface area (TPSA) is 17.1 Å². The van der Waals surface area contributed by atoms with Crippen LogP contribution < -0.4 is 0 Å². The van der Waals surface area contributed by atoms with E-state index in [1.165, 1.54) is 11.1 Å². The molecule has 2 aromatic rings. The van der Waals surface area contributed by atoms with Crippen LogP contribution in [0, 0.1) is 13.8 Å². The van der Waals surface area contributed by atoms with Gasteiger partial charge in [0.05, 0.1) is 0 Å². The van der Waals surface area contributed by atoms with E-state index in [4.69, 9.17) is 0 Å². The van der Waals surface area contributed by atoms with Gasteiger partial charge in [-0.25, -0.2) is 0 Å². The minimum Gasteiger partial charge on any atom is -0.294 e. The van der Waals surface area contributed by atoms with E-state index < -0.39 is 0 Å². The summed E-state index contributed by atoms with van der Waals surface area (Å²) in [6.07, 6.45) is 0. The summed E-state index contributed by atoms with van der Waals surface area (Å²) in [5, 5.41) is 0. The summed E-state index contributed by atoms with van der Waals surface area (Å²) in [5.74, 6) is 0.0900. The van der Waals surface area contributed by atoms with Gasteiger partial charge in [-0.1, -0.05) is 66.6 Å². The molecule has 0 aliphatic carbocycles. The van der Waals surface area contributed by atoms with Gasteiger partial charge in [0.1, 0.15) is 0 Å². The summed E-state index contributed by atoms with van der Waals surface area (Å²) in [6, 6.07) is 15.9. The first-order valence-electron chi connectivity index (χ1n) is 6.25. The normalized spacial score (nSPS) is 12.2. The molecule has 1 unspecified atom stereocenters. The lowest BCUT2D eigenvalue weighted by Gasteiger charge is -2.11. The Bertz CT molecular complexity index is 535. The molecule has 0 amide bonds. The standard InChI is InChI=1S/C17H18O/c1-12-4-8-15(9-5-12)14(3)17(18)16-10-6-13(2)7-11-16/h4-11,14H,1-3H3. The molecule has 0 bridgehead atoms. The first-order chi connectivity index (χ1) is 8.58. The van der Waals surface area contributed by atoms with E-state index in [2.05, 4.69) is 6.92 Å². The lowest BCUT2D eigenvalue weighted by Crippen LogP contribution is -2.09. The van der Waals surface area contributed by atoms with Gasteiger partial charge in [-0.05, 0) is 19.4 Å².